The van der Waals surface area contributed by atoms with Gasteiger partial charge in [-0.3, -0.25) is 0 Å². The largest absolute Gasteiger partial charge is 0.362 e. The molecule has 0 saturated heterocycles. The molecule has 1 aromatic carbocycles. The zero-order valence-electron chi connectivity index (χ0n) is 9.62. The molecule has 0 saturated carbocycles. The molecule has 5 heteroatoms. The van der Waals surface area contributed by atoms with Gasteiger partial charge in [-0.2, -0.15) is 0 Å². The molecule has 0 aliphatic heterocycles. The van der Waals surface area contributed by atoms with Crippen molar-refractivity contribution in [3.63, 3.8) is 0 Å². The lowest BCUT2D eigenvalue weighted by Crippen LogP contribution is -2.08. The molecule has 94 valence electrons. The van der Waals surface area contributed by atoms with E-state index in [-0.39, 0.29) is 6.04 Å². The molecular formula is C13H11Cl3N2. The Kier molecular flexibility index (Phi) is 4.33. The number of rotatable bonds is 3. The van der Waals surface area contributed by atoms with Gasteiger partial charge in [0.2, 0.25) is 0 Å². The van der Waals surface area contributed by atoms with E-state index in [1.807, 2.05) is 31.2 Å². The van der Waals surface area contributed by atoms with Gasteiger partial charge in [-0.25, -0.2) is 4.98 Å². The SMILES string of the molecule is CC(Nc1ncc(Cl)cc1Cl)c1ccc(Cl)cc1. The van der Waals surface area contributed by atoms with Crippen molar-refractivity contribution in [2.24, 2.45) is 0 Å². The molecule has 0 amide bonds. The Hall–Kier alpha value is -0.960. The van der Waals surface area contributed by atoms with E-state index in [2.05, 4.69) is 10.3 Å². The first-order valence-electron chi connectivity index (χ1n) is 5.39. The molecule has 1 atom stereocenters. The van der Waals surface area contributed by atoms with E-state index >= 15 is 0 Å². The lowest BCUT2D eigenvalue weighted by atomic mass is 10.1. The number of anilines is 1. The number of hydrogen-bond donors (Lipinski definition) is 1. The third-order valence-corrected chi connectivity index (χ3v) is 3.28. The van der Waals surface area contributed by atoms with Crippen LogP contribution in [0.1, 0.15) is 18.5 Å². The summed E-state index contributed by atoms with van der Waals surface area (Å²) in [5.74, 6) is 0.614. The summed E-state index contributed by atoms with van der Waals surface area (Å²) in [6, 6.07) is 9.37. The molecule has 2 nitrogen and oxygen atoms in total. The minimum Gasteiger partial charge on any atom is -0.362 e. The molecule has 1 heterocycles. The van der Waals surface area contributed by atoms with Crippen LogP contribution in [0.2, 0.25) is 15.1 Å². The zero-order chi connectivity index (χ0) is 13.1. The van der Waals surface area contributed by atoms with Crippen LogP contribution in [0.25, 0.3) is 0 Å². The number of nitrogens with zero attached hydrogens (tertiary/aromatic N) is 1. The van der Waals surface area contributed by atoms with Crippen molar-refractivity contribution in [2.45, 2.75) is 13.0 Å². The second-order valence-electron chi connectivity index (χ2n) is 3.90. The zero-order valence-corrected chi connectivity index (χ0v) is 11.9. The number of pyridine rings is 1. The van der Waals surface area contributed by atoms with Crippen molar-refractivity contribution in [2.75, 3.05) is 5.32 Å². The summed E-state index contributed by atoms with van der Waals surface area (Å²) in [6.45, 7) is 2.02. The first kappa shape index (κ1) is 13.5. The summed E-state index contributed by atoms with van der Waals surface area (Å²) in [4.78, 5) is 4.16. The highest BCUT2D eigenvalue weighted by Crippen LogP contribution is 2.26. The fraction of sp³-hybridized carbons (Fsp3) is 0.154. The Morgan fingerprint density at radius 1 is 1.06 bits per heavy atom. The predicted octanol–water partition coefficient (Wildman–Crippen LogP) is 5.21. The van der Waals surface area contributed by atoms with Crippen molar-refractivity contribution in [1.82, 2.24) is 4.98 Å². The summed E-state index contributed by atoms with van der Waals surface area (Å²) in [5.41, 5.74) is 1.10. The standard InChI is InChI=1S/C13H11Cl3N2/c1-8(9-2-4-10(14)5-3-9)18-13-12(16)6-11(15)7-17-13/h2-8H,1H3,(H,17,18). The maximum absolute atomic E-state index is 6.06. The van der Waals surface area contributed by atoms with Crippen molar-refractivity contribution in [3.8, 4) is 0 Å². The van der Waals surface area contributed by atoms with E-state index in [1.54, 1.807) is 12.3 Å². The summed E-state index contributed by atoms with van der Waals surface area (Å²) in [6.07, 6.45) is 1.56. The minimum absolute atomic E-state index is 0.0773. The minimum atomic E-state index is 0.0773. The highest BCUT2D eigenvalue weighted by Gasteiger charge is 2.09. The molecule has 2 rings (SSSR count). The van der Waals surface area contributed by atoms with Gasteiger partial charge in [-0.1, -0.05) is 46.9 Å². The Labute approximate surface area is 121 Å². The molecule has 0 bridgehead atoms. The second kappa shape index (κ2) is 5.79. The van der Waals surface area contributed by atoms with Crippen molar-refractivity contribution in [3.05, 3.63) is 57.2 Å². The number of nitrogens with one attached hydrogen (secondary N) is 1. The highest BCUT2D eigenvalue weighted by molar-refractivity contribution is 6.35. The van der Waals surface area contributed by atoms with Crippen LogP contribution in [0.5, 0.6) is 0 Å². The maximum Gasteiger partial charge on any atom is 0.145 e. The Balaban J connectivity index is 2.15. The normalized spacial score (nSPS) is 12.2. The van der Waals surface area contributed by atoms with Crippen LogP contribution in [0.15, 0.2) is 36.5 Å². The van der Waals surface area contributed by atoms with Gasteiger partial charge in [0.15, 0.2) is 0 Å². The van der Waals surface area contributed by atoms with Gasteiger partial charge in [0, 0.05) is 17.3 Å². The molecule has 0 radical (unpaired) electrons. The number of hydrogen-bond acceptors (Lipinski definition) is 2. The van der Waals surface area contributed by atoms with E-state index in [4.69, 9.17) is 34.8 Å². The Bertz CT molecular complexity index is 540. The molecule has 1 unspecified atom stereocenters. The summed E-state index contributed by atoms with van der Waals surface area (Å²) in [5, 5.41) is 4.97. The van der Waals surface area contributed by atoms with Crippen molar-refractivity contribution >= 4 is 40.6 Å². The van der Waals surface area contributed by atoms with Gasteiger partial charge < -0.3 is 5.32 Å². The highest BCUT2D eigenvalue weighted by atomic mass is 35.5. The van der Waals surface area contributed by atoms with E-state index in [0.717, 1.165) is 5.56 Å². The molecule has 2 aromatic rings. The molecule has 1 N–H and O–H groups in total. The van der Waals surface area contributed by atoms with Crippen LogP contribution in [0, 0.1) is 0 Å². The number of halogens is 3. The van der Waals surface area contributed by atoms with E-state index < -0.39 is 0 Å². The lowest BCUT2D eigenvalue weighted by Gasteiger charge is -2.16. The number of benzene rings is 1. The van der Waals surface area contributed by atoms with Crippen molar-refractivity contribution < 1.29 is 0 Å². The van der Waals surface area contributed by atoms with Crippen LogP contribution in [0.3, 0.4) is 0 Å². The molecule has 1 aromatic heterocycles. The van der Waals surface area contributed by atoms with E-state index in [1.165, 1.54) is 0 Å². The van der Waals surface area contributed by atoms with Crippen LogP contribution >= 0.6 is 34.8 Å². The predicted molar refractivity (Wildman–Crippen MR) is 77.7 cm³/mol. The monoisotopic (exact) mass is 300 g/mol. The van der Waals surface area contributed by atoms with Gasteiger partial charge in [0.1, 0.15) is 5.82 Å². The average Bonchev–Trinajstić information content (AvgIpc) is 2.33. The smallest absolute Gasteiger partial charge is 0.145 e. The van der Waals surface area contributed by atoms with Crippen LogP contribution in [-0.2, 0) is 0 Å². The van der Waals surface area contributed by atoms with Gasteiger partial charge in [0.25, 0.3) is 0 Å². The summed E-state index contributed by atoms with van der Waals surface area (Å²) in [7, 11) is 0. The fourth-order valence-corrected chi connectivity index (χ4v) is 2.12. The maximum atomic E-state index is 6.06. The van der Waals surface area contributed by atoms with Crippen LogP contribution in [0.4, 0.5) is 5.82 Å². The van der Waals surface area contributed by atoms with Crippen LogP contribution < -0.4 is 5.32 Å². The molecule has 0 fully saturated rings. The Morgan fingerprint density at radius 3 is 2.33 bits per heavy atom. The number of aromatic nitrogens is 1. The molecule has 0 aliphatic carbocycles. The molecule has 0 aliphatic rings. The summed E-state index contributed by atoms with van der Waals surface area (Å²) >= 11 is 17.7. The quantitative estimate of drug-likeness (QED) is 0.841. The van der Waals surface area contributed by atoms with Gasteiger partial charge in [0.05, 0.1) is 10.0 Å². The third kappa shape index (κ3) is 3.29. The van der Waals surface area contributed by atoms with E-state index in [0.29, 0.717) is 20.9 Å². The van der Waals surface area contributed by atoms with Crippen LogP contribution in [-0.4, -0.2) is 4.98 Å². The first-order chi connectivity index (χ1) is 8.56. The fourth-order valence-electron chi connectivity index (χ4n) is 1.56. The Morgan fingerprint density at radius 2 is 1.72 bits per heavy atom. The van der Waals surface area contributed by atoms with Gasteiger partial charge in [-0.15, -0.1) is 0 Å². The van der Waals surface area contributed by atoms with Gasteiger partial charge >= 0.3 is 0 Å². The van der Waals surface area contributed by atoms with E-state index in [9.17, 15) is 0 Å². The van der Waals surface area contributed by atoms with Crippen molar-refractivity contribution in [1.29, 1.82) is 0 Å². The first-order valence-corrected chi connectivity index (χ1v) is 6.52. The van der Waals surface area contributed by atoms with Gasteiger partial charge in [-0.05, 0) is 30.7 Å². The second-order valence-corrected chi connectivity index (χ2v) is 5.18. The average molecular weight is 302 g/mol. The summed E-state index contributed by atoms with van der Waals surface area (Å²) < 4.78 is 0. The molecular weight excluding hydrogens is 291 g/mol. The molecule has 18 heavy (non-hydrogen) atoms. The topological polar surface area (TPSA) is 24.9 Å². The lowest BCUT2D eigenvalue weighted by molar-refractivity contribution is 0.875. The third-order valence-electron chi connectivity index (χ3n) is 2.53. The molecule has 0 spiro atoms.